The molecule has 1 heterocycles. The smallest absolute Gasteiger partial charge is 0.493 e. The van der Waals surface area contributed by atoms with Gasteiger partial charge in [-0.3, -0.25) is 4.79 Å². The number of ether oxygens (including phenoxy) is 3. The second kappa shape index (κ2) is 7.43. The van der Waals surface area contributed by atoms with Crippen molar-refractivity contribution in [3.63, 3.8) is 0 Å². The van der Waals surface area contributed by atoms with Gasteiger partial charge in [-0.05, 0) is 31.0 Å². The van der Waals surface area contributed by atoms with Crippen LogP contribution in [0.5, 0.6) is 5.75 Å². The average molecular weight is 375 g/mol. The van der Waals surface area contributed by atoms with Crippen LogP contribution < -0.4 is 10.1 Å². The third kappa shape index (κ3) is 4.80. The van der Waals surface area contributed by atoms with Crippen LogP contribution in [0.3, 0.4) is 0 Å². The van der Waals surface area contributed by atoms with Crippen LogP contribution in [-0.4, -0.2) is 31.9 Å². The first-order chi connectivity index (χ1) is 12.0. The van der Waals surface area contributed by atoms with Gasteiger partial charge in [0, 0.05) is 5.69 Å². The van der Waals surface area contributed by atoms with Crippen LogP contribution in [0.2, 0.25) is 0 Å². The molecule has 1 aromatic carbocycles. The molecular formula is C17H20F3NO5. The first-order valence-electron chi connectivity index (χ1n) is 7.96. The van der Waals surface area contributed by atoms with E-state index in [4.69, 9.17) is 4.74 Å². The van der Waals surface area contributed by atoms with Gasteiger partial charge < -0.3 is 19.5 Å². The predicted molar refractivity (Wildman–Crippen MR) is 85.8 cm³/mol. The van der Waals surface area contributed by atoms with E-state index in [1.807, 2.05) is 13.8 Å². The Labute approximate surface area is 148 Å². The number of halogens is 3. The Morgan fingerprint density at radius 2 is 1.92 bits per heavy atom. The van der Waals surface area contributed by atoms with Crippen LogP contribution in [0.4, 0.5) is 23.7 Å². The summed E-state index contributed by atoms with van der Waals surface area (Å²) in [6.07, 6.45) is -5.53. The van der Waals surface area contributed by atoms with Gasteiger partial charge in [0.15, 0.2) is 0 Å². The zero-order valence-corrected chi connectivity index (χ0v) is 14.6. The van der Waals surface area contributed by atoms with E-state index in [9.17, 15) is 22.8 Å². The lowest BCUT2D eigenvalue weighted by Gasteiger charge is -2.30. The number of amides is 1. The van der Waals surface area contributed by atoms with Crippen molar-refractivity contribution in [1.29, 1.82) is 0 Å². The maximum Gasteiger partial charge on any atom is 0.508 e. The molecule has 0 radical (unpaired) electrons. The molecule has 6 nitrogen and oxygen atoms in total. The van der Waals surface area contributed by atoms with E-state index in [2.05, 4.69) is 14.8 Å². The lowest BCUT2D eigenvalue weighted by Crippen LogP contribution is -2.46. The zero-order chi connectivity index (χ0) is 19.5. The number of hydrogen-bond acceptors (Lipinski definition) is 5. The quantitative estimate of drug-likeness (QED) is 0.792. The summed E-state index contributed by atoms with van der Waals surface area (Å²) in [4.78, 5) is 23.3. The molecular weight excluding hydrogens is 355 g/mol. The number of hydrogen-bond donors (Lipinski definition) is 1. The fourth-order valence-electron chi connectivity index (χ4n) is 2.14. The fourth-order valence-corrected chi connectivity index (χ4v) is 2.14. The molecule has 0 bridgehead atoms. The van der Waals surface area contributed by atoms with Crippen molar-refractivity contribution in [2.24, 2.45) is 11.3 Å². The van der Waals surface area contributed by atoms with Gasteiger partial charge in [0.25, 0.3) is 0 Å². The Morgan fingerprint density at radius 3 is 2.46 bits per heavy atom. The van der Waals surface area contributed by atoms with Crippen molar-refractivity contribution in [2.45, 2.75) is 26.9 Å². The summed E-state index contributed by atoms with van der Waals surface area (Å²) in [6.45, 7) is 4.82. The van der Waals surface area contributed by atoms with E-state index >= 15 is 0 Å². The third-order valence-electron chi connectivity index (χ3n) is 3.68. The number of anilines is 1. The molecule has 0 atom stereocenters. The van der Waals surface area contributed by atoms with Crippen molar-refractivity contribution in [3.05, 3.63) is 23.8 Å². The van der Waals surface area contributed by atoms with E-state index in [1.54, 1.807) is 0 Å². The highest BCUT2D eigenvalue weighted by Gasteiger charge is 2.41. The van der Waals surface area contributed by atoms with Gasteiger partial charge in [-0.2, -0.15) is 13.2 Å². The summed E-state index contributed by atoms with van der Waals surface area (Å²) in [6, 6.07) is 3.30. The monoisotopic (exact) mass is 375 g/mol. The van der Waals surface area contributed by atoms with Crippen molar-refractivity contribution in [2.75, 3.05) is 25.1 Å². The third-order valence-corrected chi connectivity index (χ3v) is 3.68. The van der Waals surface area contributed by atoms with Crippen LogP contribution >= 0.6 is 0 Å². The summed E-state index contributed by atoms with van der Waals surface area (Å²) < 4.78 is 54.5. The Kier molecular flexibility index (Phi) is 5.68. The Balaban J connectivity index is 2.19. The molecule has 0 aliphatic carbocycles. The molecule has 0 spiro atoms. The zero-order valence-electron chi connectivity index (χ0n) is 14.6. The summed E-state index contributed by atoms with van der Waals surface area (Å²) in [5, 5.41) is 2.41. The van der Waals surface area contributed by atoms with Gasteiger partial charge in [0.05, 0.1) is 12.2 Å². The number of carbonyl (C=O) groups excluding carboxylic acids is 2. The van der Waals surface area contributed by atoms with Gasteiger partial charge in [-0.15, -0.1) is 0 Å². The highest BCUT2D eigenvalue weighted by Crippen LogP contribution is 2.38. The molecule has 2 rings (SSSR count). The second-order valence-corrected chi connectivity index (χ2v) is 6.76. The number of nitrogens with one attached hydrogen (secondary N) is 1. The molecule has 1 N–H and O–H groups in total. The molecule has 1 aliphatic rings. The van der Waals surface area contributed by atoms with E-state index in [0.717, 1.165) is 6.07 Å². The number of cyclic esters (lactones) is 2. The topological polar surface area (TPSA) is 73.9 Å². The maximum absolute atomic E-state index is 13.3. The number of alkyl halides is 3. The van der Waals surface area contributed by atoms with Gasteiger partial charge in [0.2, 0.25) is 5.91 Å². The summed E-state index contributed by atoms with van der Waals surface area (Å²) in [7, 11) is 0. The van der Waals surface area contributed by atoms with Gasteiger partial charge in [-0.1, -0.05) is 13.8 Å². The van der Waals surface area contributed by atoms with Gasteiger partial charge in [-0.25, -0.2) is 4.79 Å². The van der Waals surface area contributed by atoms with Crippen LogP contribution in [0.25, 0.3) is 0 Å². The van der Waals surface area contributed by atoms with Crippen LogP contribution in [0.1, 0.15) is 26.3 Å². The Bertz CT molecular complexity index is 677. The fraction of sp³-hybridized carbons (Fsp3) is 0.529. The summed E-state index contributed by atoms with van der Waals surface area (Å²) in [5.41, 5.74) is -2.22. The molecule has 1 saturated heterocycles. The van der Waals surface area contributed by atoms with Gasteiger partial charge >= 0.3 is 12.3 Å². The molecule has 9 heteroatoms. The lowest BCUT2D eigenvalue weighted by molar-refractivity contribution is -0.139. The van der Waals surface area contributed by atoms with Crippen molar-refractivity contribution in [1.82, 2.24) is 0 Å². The molecule has 0 saturated carbocycles. The second-order valence-electron chi connectivity index (χ2n) is 6.76. The first kappa shape index (κ1) is 19.9. The minimum Gasteiger partial charge on any atom is -0.493 e. The van der Waals surface area contributed by atoms with Crippen molar-refractivity contribution < 1.29 is 37.0 Å². The van der Waals surface area contributed by atoms with E-state index in [0.29, 0.717) is 0 Å². The van der Waals surface area contributed by atoms with E-state index in [1.165, 1.54) is 19.1 Å². The predicted octanol–water partition coefficient (Wildman–Crippen LogP) is 3.85. The highest BCUT2D eigenvalue weighted by molar-refractivity contribution is 5.96. The van der Waals surface area contributed by atoms with E-state index in [-0.39, 0.29) is 37.2 Å². The maximum atomic E-state index is 13.3. The largest absolute Gasteiger partial charge is 0.508 e. The summed E-state index contributed by atoms with van der Waals surface area (Å²) >= 11 is 0. The SMILES string of the molecule is CC(C)COc1ccc(NC(=O)C2(C)COC(=O)OC2)cc1C(F)(F)F. The molecule has 0 unspecified atom stereocenters. The molecule has 0 aromatic heterocycles. The van der Waals surface area contributed by atoms with Crippen molar-refractivity contribution >= 4 is 17.7 Å². The Hall–Kier alpha value is -2.45. The number of benzene rings is 1. The first-order valence-corrected chi connectivity index (χ1v) is 7.96. The standard InChI is InChI=1S/C17H20F3NO5/c1-10(2)7-24-13-5-4-11(6-12(13)17(18,19)20)21-14(22)16(3)8-25-15(23)26-9-16/h4-6,10H,7-9H2,1-3H3,(H,21,22). The highest BCUT2D eigenvalue weighted by atomic mass is 19.4. The minimum atomic E-state index is -4.64. The van der Waals surface area contributed by atoms with Crippen molar-refractivity contribution in [3.8, 4) is 5.75 Å². The summed E-state index contributed by atoms with van der Waals surface area (Å²) in [5.74, 6) is -0.858. The van der Waals surface area contributed by atoms with Crippen LogP contribution in [-0.2, 0) is 20.4 Å². The van der Waals surface area contributed by atoms with Crippen LogP contribution in [0.15, 0.2) is 18.2 Å². The van der Waals surface area contributed by atoms with Crippen LogP contribution in [0, 0.1) is 11.3 Å². The number of carbonyl (C=O) groups is 2. The molecule has 1 amide bonds. The average Bonchev–Trinajstić information content (AvgIpc) is 2.55. The Morgan fingerprint density at radius 1 is 1.31 bits per heavy atom. The molecule has 1 aromatic rings. The van der Waals surface area contributed by atoms with Gasteiger partial charge in [0.1, 0.15) is 24.4 Å². The molecule has 144 valence electrons. The minimum absolute atomic E-state index is 0.0441. The van der Waals surface area contributed by atoms with E-state index < -0.39 is 29.2 Å². The number of rotatable bonds is 5. The lowest BCUT2D eigenvalue weighted by atomic mass is 9.91. The normalized spacial score (nSPS) is 16.7. The molecule has 26 heavy (non-hydrogen) atoms. The molecule has 1 fully saturated rings. The molecule has 1 aliphatic heterocycles.